The summed E-state index contributed by atoms with van der Waals surface area (Å²) in [5.41, 5.74) is -0.0862. The fraction of sp³-hybridized carbons (Fsp3) is 0.941. The van der Waals surface area contributed by atoms with Crippen LogP contribution in [0.3, 0.4) is 0 Å². The number of carbonyl (C=O) groups excluding carboxylic acids is 1. The van der Waals surface area contributed by atoms with Crippen LogP contribution in [-0.4, -0.2) is 12.1 Å². The van der Waals surface area contributed by atoms with E-state index in [1.807, 2.05) is 0 Å². The molecule has 4 rings (SSSR count). The summed E-state index contributed by atoms with van der Waals surface area (Å²) >= 11 is 0. The predicted molar refractivity (Wildman–Crippen MR) is 75.6 cm³/mol. The Bertz CT molecular complexity index is 323. The topological polar surface area (TPSA) is 26.3 Å². The standard InChI is InChI=1S/C17H28O2/c1-4-15(11(2)3)19-16(18)17-8-12-5-13(9-17)7-14(6-12)10-17/h11-15H,4-10H2,1-3H3. The maximum absolute atomic E-state index is 12.7. The van der Waals surface area contributed by atoms with Crippen molar-refractivity contribution in [3.63, 3.8) is 0 Å². The van der Waals surface area contributed by atoms with Gasteiger partial charge in [-0.1, -0.05) is 20.8 Å². The molecule has 2 heteroatoms. The van der Waals surface area contributed by atoms with Gasteiger partial charge in [-0.2, -0.15) is 0 Å². The zero-order chi connectivity index (χ0) is 13.6. The van der Waals surface area contributed by atoms with E-state index in [-0.39, 0.29) is 17.5 Å². The second-order valence-corrected chi connectivity index (χ2v) is 7.79. The Morgan fingerprint density at radius 1 is 1.11 bits per heavy atom. The molecule has 108 valence electrons. The highest BCUT2D eigenvalue weighted by molar-refractivity contribution is 5.77. The average molecular weight is 264 g/mol. The zero-order valence-corrected chi connectivity index (χ0v) is 12.7. The smallest absolute Gasteiger partial charge is 0.312 e. The van der Waals surface area contributed by atoms with E-state index in [0.29, 0.717) is 5.92 Å². The van der Waals surface area contributed by atoms with E-state index in [9.17, 15) is 4.79 Å². The minimum atomic E-state index is -0.0862. The molecule has 4 fully saturated rings. The first-order valence-electron chi connectivity index (χ1n) is 8.23. The quantitative estimate of drug-likeness (QED) is 0.712. The summed E-state index contributed by atoms with van der Waals surface area (Å²) in [6, 6.07) is 0. The average Bonchev–Trinajstić information content (AvgIpc) is 2.33. The van der Waals surface area contributed by atoms with Crippen LogP contribution in [0.1, 0.15) is 65.7 Å². The summed E-state index contributed by atoms with van der Waals surface area (Å²) in [6.45, 7) is 6.43. The molecule has 4 aliphatic carbocycles. The number of rotatable bonds is 4. The highest BCUT2D eigenvalue weighted by atomic mass is 16.5. The van der Waals surface area contributed by atoms with E-state index >= 15 is 0 Å². The lowest BCUT2D eigenvalue weighted by Crippen LogP contribution is -2.51. The maximum atomic E-state index is 12.7. The molecule has 0 spiro atoms. The molecule has 0 N–H and O–H groups in total. The monoisotopic (exact) mass is 264 g/mol. The predicted octanol–water partition coefficient (Wildman–Crippen LogP) is 4.18. The molecule has 0 radical (unpaired) electrons. The van der Waals surface area contributed by atoms with Crippen LogP contribution in [0.2, 0.25) is 0 Å². The van der Waals surface area contributed by atoms with Gasteiger partial charge in [0.05, 0.1) is 5.41 Å². The van der Waals surface area contributed by atoms with Gasteiger partial charge < -0.3 is 4.74 Å². The van der Waals surface area contributed by atoms with Crippen LogP contribution in [0, 0.1) is 29.1 Å². The summed E-state index contributed by atoms with van der Waals surface area (Å²) in [6.07, 6.45) is 8.55. The Labute approximate surface area is 117 Å². The second-order valence-electron chi connectivity index (χ2n) is 7.79. The molecule has 0 aromatic rings. The molecule has 1 atom stereocenters. The van der Waals surface area contributed by atoms with Gasteiger partial charge in [-0.25, -0.2) is 0 Å². The molecule has 4 bridgehead atoms. The molecule has 4 aliphatic rings. The van der Waals surface area contributed by atoms with Gasteiger partial charge in [-0.05, 0) is 68.6 Å². The van der Waals surface area contributed by atoms with E-state index in [1.54, 1.807) is 0 Å². The molecule has 0 amide bonds. The van der Waals surface area contributed by atoms with E-state index < -0.39 is 0 Å². The molecule has 0 aliphatic heterocycles. The molecule has 0 heterocycles. The van der Waals surface area contributed by atoms with Crippen LogP contribution >= 0.6 is 0 Å². The summed E-state index contributed by atoms with van der Waals surface area (Å²) in [4.78, 5) is 12.7. The number of hydrogen-bond acceptors (Lipinski definition) is 2. The maximum Gasteiger partial charge on any atom is 0.312 e. The SMILES string of the molecule is CCC(OC(=O)C12CC3CC(CC(C3)C1)C2)C(C)C. The van der Waals surface area contributed by atoms with Gasteiger partial charge in [-0.15, -0.1) is 0 Å². The fourth-order valence-corrected chi connectivity index (χ4v) is 5.31. The highest BCUT2D eigenvalue weighted by Crippen LogP contribution is 2.60. The molecular weight excluding hydrogens is 236 g/mol. The van der Waals surface area contributed by atoms with Crippen molar-refractivity contribution in [2.45, 2.75) is 71.8 Å². The molecule has 2 nitrogen and oxygen atoms in total. The third kappa shape index (κ3) is 2.32. The minimum Gasteiger partial charge on any atom is -0.462 e. The van der Waals surface area contributed by atoms with E-state index in [4.69, 9.17) is 4.74 Å². The van der Waals surface area contributed by atoms with Gasteiger partial charge in [0.1, 0.15) is 6.10 Å². The lowest BCUT2D eigenvalue weighted by Gasteiger charge is -2.55. The van der Waals surface area contributed by atoms with Crippen molar-refractivity contribution >= 4 is 5.97 Å². The van der Waals surface area contributed by atoms with Crippen LogP contribution in [0.4, 0.5) is 0 Å². The fourth-order valence-electron chi connectivity index (χ4n) is 5.31. The number of esters is 1. The molecule has 19 heavy (non-hydrogen) atoms. The third-order valence-electron chi connectivity index (χ3n) is 5.88. The van der Waals surface area contributed by atoms with Crippen molar-refractivity contribution < 1.29 is 9.53 Å². The number of hydrogen-bond donors (Lipinski definition) is 0. The van der Waals surface area contributed by atoms with Crippen molar-refractivity contribution in [1.82, 2.24) is 0 Å². The minimum absolute atomic E-state index is 0.0862. The molecule has 1 unspecified atom stereocenters. The summed E-state index contributed by atoms with van der Waals surface area (Å²) in [5, 5.41) is 0. The molecule has 4 saturated carbocycles. The zero-order valence-electron chi connectivity index (χ0n) is 12.7. The Balaban J connectivity index is 1.72. The number of carbonyl (C=O) groups is 1. The Hall–Kier alpha value is -0.530. The molecule has 0 saturated heterocycles. The largest absolute Gasteiger partial charge is 0.462 e. The van der Waals surface area contributed by atoms with Crippen LogP contribution in [-0.2, 0) is 9.53 Å². The van der Waals surface area contributed by atoms with Crippen molar-refractivity contribution in [2.24, 2.45) is 29.1 Å². The first-order chi connectivity index (χ1) is 9.02. The summed E-state index contributed by atoms with van der Waals surface area (Å²) < 4.78 is 5.91. The van der Waals surface area contributed by atoms with E-state index in [0.717, 1.165) is 43.4 Å². The lowest BCUT2D eigenvalue weighted by atomic mass is 9.49. The van der Waals surface area contributed by atoms with Gasteiger partial charge in [0.15, 0.2) is 0 Å². The van der Waals surface area contributed by atoms with Crippen LogP contribution < -0.4 is 0 Å². The normalized spacial score (nSPS) is 41.6. The van der Waals surface area contributed by atoms with Crippen molar-refractivity contribution in [2.75, 3.05) is 0 Å². The first kappa shape index (κ1) is 13.5. The molecular formula is C17H28O2. The van der Waals surface area contributed by atoms with Crippen LogP contribution in [0.25, 0.3) is 0 Å². The first-order valence-corrected chi connectivity index (χ1v) is 8.23. The van der Waals surface area contributed by atoms with E-state index in [2.05, 4.69) is 20.8 Å². The van der Waals surface area contributed by atoms with Gasteiger partial charge >= 0.3 is 5.97 Å². The van der Waals surface area contributed by atoms with Crippen molar-refractivity contribution in [1.29, 1.82) is 0 Å². The lowest BCUT2D eigenvalue weighted by molar-refractivity contribution is -0.179. The Kier molecular flexibility index (Phi) is 3.39. The summed E-state index contributed by atoms with van der Waals surface area (Å²) in [7, 11) is 0. The second kappa shape index (κ2) is 4.79. The number of ether oxygens (including phenoxy) is 1. The van der Waals surface area contributed by atoms with Gasteiger partial charge in [-0.3, -0.25) is 4.79 Å². The van der Waals surface area contributed by atoms with Gasteiger partial charge in [0.2, 0.25) is 0 Å². The Morgan fingerprint density at radius 3 is 1.95 bits per heavy atom. The highest BCUT2D eigenvalue weighted by Gasteiger charge is 2.55. The van der Waals surface area contributed by atoms with Crippen molar-refractivity contribution in [3.05, 3.63) is 0 Å². The van der Waals surface area contributed by atoms with Gasteiger partial charge in [0, 0.05) is 0 Å². The van der Waals surface area contributed by atoms with Crippen LogP contribution in [0.15, 0.2) is 0 Å². The van der Waals surface area contributed by atoms with Crippen molar-refractivity contribution in [3.8, 4) is 0 Å². The Morgan fingerprint density at radius 2 is 1.58 bits per heavy atom. The van der Waals surface area contributed by atoms with E-state index in [1.165, 1.54) is 19.3 Å². The van der Waals surface area contributed by atoms with Crippen LogP contribution in [0.5, 0.6) is 0 Å². The third-order valence-corrected chi connectivity index (χ3v) is 5.88. The summed E-state index contributed by atoms with van der Waals surface area (Å²) in [5.74, 6) is 3.03. The molecule has 0 aromatic heterocycles. The molecule has 0 aromatic carbocycles. The van der Waals surface area contributed by atoms with Gasteiger partial charge in [0.25, 0.3) is 0 Å².